The van der Waals surface area contributed by atoms with E-state index < -0.39 is 16.1 Å². The molecule has 192 valence electrons. The molecule has 35 heavy (non-hydrogen) atoms. The Bertz CT molecular complexity index is 1140. The number of nitrogens with zero attached hydrogens (tertiary/aromatic N) is 2. The first-order chi connectivity index (χ1) is 16.5. The third kappa shape index (κ3) is 7.86. The highest BCUT2D eigenvalue weighted by Gasteiger charge is 2.28. The van der Waals surface area contributed by atoms with Crippen LogP contribution in [0.4, 0.5) is 5.69 Å². The Balaban J connectivity index is 2.21. The Morgan fingerprint density at radius 3 is 2.43 bits per heavy atom. The van der Waals surface area contributed by atoms with Crippen LogP contribution in [0.25, 0.3) is 0 Å². The SMILES string of the molecule is CC[C@@H](C(=O)NC)N(Cc1cccc(C)c1)C(=O)CCCN(c1ccc(OC)c(Cl)c1)S(C)(=O)=O. The predicted molar refractivity (Wildman–Crippen MR) is 139 cm³/mol. The zero-order valence-corrected chi connectivity index (χ0v) is 22.4. The van der Waals surface area contributed by atoms with Crippen LogP contribution in [0.3, 0.4) is 0 Å². The lowest BCUT2D eigenvalue weighted by molar-refractivity contribution is -0.141. The molecule has 0 aliphatic carbocycles. The van der Waals surface area contributed by atoms with E-state index in [0.717, 1.165) is 17.4 Å². The van der Waals surface area contributed by atoms with Crippen LogP contribution in [-0.4, -0.2) is 58.1 Å². The highest BCUT2D eigenvalue weighted by atomic mass is 35.5. The summed E-state index contributed by atoms with van der Waals surface area (Å²) >= 11 is 6.19. The maximum Gasteiger partial charge on any atom is 0.242 e. The number of methoxy groups -OCH3 is 1. The van der Waals surface area contributed by atoms with Gasteiger partial charge in [0.2, 0.25) is 21.8 Å². The molecule has 1 N–H and O–H groups in total. The summed E-state index contributed by atoms with van der Waals surface area (Å²) in [5.41, 5.74) is 2.37. The zero-order valence-electron chi connectivity index (χ0n) is 20.9. The third-order valence-electron chi connectivity index (χ3n) is 5.64. The van der Waals surface area contributed by atoms with Crippen molar-refractivity contribution < 1.29 is 22.7 Å². The number of aryl methyl sites for hydroxylation is 1. The summed E-state index contributed by atoms with van der Waals surface area (Å²) in [6, 6.07) is 11.9. The van der Waals surface area contributed by atoms with E-state index in [9.17, 15) is 18.0 Å². The van der Waals surface area contributed by atoms with Gasteiger partial charge in [-0.2, -0.15) is 0 Å². The molecule has 2 aromatic rings. The van der Waals surface area contributed by atoms with Crippen LogP contribution in [0.5, 0.6) is 5.75 Å². The van der Waals surface area contributed by atoms with Crippen LogP contribution in [0.15, 0.2) is 42.5 Å². The molecule has 0 aromatic heterocycles. The predicted octanol–water partition coefficient (Wildman–Crippen LogP) is 3.76. The number of sulfonamides is 1. The largest absolute Gasteiger partial charge is 0.495 e. The number of carbonyl (C=O) groups is 2. The van der Waals surface area contributed by atoms with Gasteiger partial charge < -0.3 is 15.0 Å². The topological polar surface area (TPSA) is 96.0 Å². The van der Waals surface area contributed by atoms with Crippen LogP contribution in [0.2, 0.25) is 5.02 Å². The van der Waals surface area contributed by atoms with Gasteiger partial charge >= 0.3 is 0 Å². The molecule has 0 heterocycles. The molecule has 0 radical (unpaired) electrons. The van der Waals surface area contributed by atoms with E-state index in [-0.39, 0.29) is 42.8 Å². The number of amides is 2. The van der Waals surface area contributed by atoms with Crippen molar-refractivity contribution in [3.63, 3.8) is 0 Å². The lowest BCUT2D eigenvalue weighted by Gasteiger charge is -2.31. The quantitative estimate of drug-likeness (QED) is 0.457. The molecule has 0 aliphatic heterocycles. The molecule has 0 saturated carbocycles. The Hall–Kier alpha value is -2.78. The summed E-state index contributed by atoms with van der Waals surface area (Å²) < 4.78 is 31.3. The van der Waals surface area contributed by atoms with E-state index >= 15 is 0 Å². The standard InChI is InChI=1S/C25H34ClN3O5S/c1-6-22(25(31)27-3)28(17-19-10-7-9-18(2)15-19)24(30)11-8-14-29(35(5,32)33)20-12-13-23(34-4)21(26)16-20/h7,9-10,12-13,15-16,22H,6,8,11,14,17H2,1-5H3,(H,27,31)/t22-/m0/s1. The van der Waals surface area contributed by atoms with Crippen LogP contribution in [0, 0.1) is 6.92 Å². The summed E-state index contributed by atoms with van der Waals surface area (Å²) in [5.74, 6) is -0.0204. The van der Waals surface area contributed by atoms with Gasteiger partial charge in [-0.05, 0) is 43.5 Å². The van der Waals surface area contributed by atoms with Gasteiger partial charge in [-0.1, -0.05) is 48.4 Å². The monoisotopic (exact) mass is 523 g/mol. The lowest BCUT2D eigenvalue weighted by Crippen LogP contribution is -2.48. The molecule has 10 heteroatoms. The van der Waals surface area contributed by atoms with E-state index in [4.69, 9.17) is 16.3 Å². The average molecular weight is 524 g/mol. The number of ether oxygens (including phenoxy) is 1. The smallest absolute Gasteiger partial charge is 0.242 e. The first-order valence-corrected chi connectivity index (χ1v) is 13.6. The molecule has 0 bridgehead atoms. The normalized spacial score (nSPS) is 12.1. The fraction of sp³-hybridized carbons (Fsp3) is 0.440. The van der Waals surface area contributed by atoms with Gasteiger partial charge in [-0.3, -0.25) is 13.9 Å². The Kier molecular flexibility index (Phi) is 10.4. The molecule has 0 fully saturated rings. The Labute approximate surface area is 213 Å². The van der Waals surface area contributed by atoms with Crippen molar-refractivity contribution in [1.29, 1.82) is 0 Å². The second-order valence-corrected chi connectivity index (χ2v) is 10.6. The minimum Gasteiger partial charge on any atom is -0.495 e. The molecular formula is C25H34ClN3O5S. The molecule has 8 nitrogen and oxygen atoms in total. The molecule has 0 aliphatic rings. The Morgan fingerprint density at radius 1 is 1.17 bits per heavy atom. The van der Waals surface area contributed by atoms with E-state index in [0.29, 0.717) is 17.9 Å². The fourth-order valence-electron chi connectivity index (χ4n) is 3.91. The Morgan fingerprint density at radius 2 is 1.89 bits per heavy atom. The van der Waals surface area contributed by atoms with E-state index in [1.54, 1.807) is 24.1 Å². The summed E-state index contributed by atoms with van der Waals surface area (Å²) in [6.45, 7) is 4.20. The highest BCUT2D eigenvalue weighted by Crippen LogP contribution is 2.30. The van der Waals surface area contributed by atoms with Crippen LogP contribution in [0.1, 0.15) is 37.3 Å². The van der Waals surface area contributed by atoms with Gasteiger partial charge in [0.25, 0.3) is 0 Å². The number of halogens is 1. The van der Waals surface area contributed by atoms with Gasteiger partial charge in [0.1, 0.15) is 11.8 Å². The van der Waals surface area contributed by atoms with Gasteiger partial charge in [0.05, 0.1) is 24.1 Å². The molecule has 2 amide bonds. The second-order valence-electron chi connectivity index (χ2n) is 8.31. The summed E-state index contributed by atoms with van der Waals surface area (Å²) in [4.78, 5) is 27.4. The lowest BCUT2D eigenvalue weighted by atomic mass is 10.1. The number of nitrogens with one attached hydrogen (secondary N) is 1. The van der Waals surface area contributed by atoms with Crippen molar-refractivity contribution in [1.82, 2.24) is 10.2 Å². The fourth-order valence-corrected chi connectivity index (χ4v) is 5.12. The number of rotatable bonds is 12. The van der Waals surface area contributed by atoms with Crippen molar-refractivity contribution in [2.24, 2.45) is 0 Å². The first kappa shape index (κ1) is 28.5. The number of likely N-dealkylation sites (N-methyl/N-ethyl adjacent to an activating group) is 1. The number of benzene rings is 2. The van der Waals surface area contributed by atoms with Crippen LogP contribution >= 0.6 is 11.6 Å². The third-order valence-corrected chi connectivity index (χ3v) is 7.13. The molecule has 0 saturated heterocycles. The summed E-state index contributed by atoms with van der Waals surface area (Å²) in [5, 5.41) is 2.92. The van der Waals surface area contributed by atoms with Crippen LogP contribution < -0.4 is 14.4 Å². The van der Waals surface area contributed by atoms with Gasteiger partial charge in [-0.15, -0.1) is 0 Å². The summed E-state index contributed by atoms with van der Waals surface area (Å²) in [7, 11) is -0.596. The molecule has 1 atom stereocenters. The molecular weight excluding hydrogens is 490 g/mol. The van der Waals surface area contributed by atoms with Crippen molar-refractivity contribution in [2.75, 3.05) is 31.3 Å². The highest BCUT2D eigenvalue weighted by molar-refractivity contribution is 7.92. The maximum absolute atomic E-state index is 13.3. The minimum absolute atomic E-state index is 0.0786. The molecule has 2 rings (SSSR count). The average Bonchev–Trinajstić information content (AvgIpc) is 2.80. The minimum atomic E-state index is -3.62. The van der Waals surface area contributed by atoms with Crippen molar-refractivity contribution in [2.45, 2.75) is 45.7 Å². The number of hydrogen-bond donors (Lipinski definition) is 1. The van der Waals surface area contributed by atoms with Gasteiger partial charge in [0.15, 0.2) is 0 Å². The van der Waals surface area contributed by atoms with Gasteiger partial charge in [-0.25, -0.2) is 8.42 Å². The molecule has 2 aromatic carbocycles. The van der Waals surface area contributed by atoms with E-state index in [1.807, 2.05) is 38.1 Å². The van der Waals surface area contributed by atoms with E-state index in [1.165, 1.54) is 17.5 Å². The number of hydrogen-bond acceptors (Lipinski definition) is 5. The summed E-state index contributed by atoms with van der Waals surface area (Å²) in [6.07, 6.45) is 1.91. The zero-order chi connectivity index (χ0) is 26.2. The van der Waals surface area contributed by atoms with Crippen molar-refractivity contribution >= 4 is 39.1 Å². The maximum atomic E-state index is 13.3. The number of anilines is 1. The van der Waals surface area contributed by atoms with Crippen LogP contribution in [-0.2, 0) is 26.2 Å². The van der Waals surface area contributed by atoms with E-state index in [2.05, 4.69) is 5.32 Å². The molecule has 0 unspecified atom stereocenters. The van der Waals surface area contributed by atoms with Crippen molar-refractivity contribution in [3.05, 3.63) is 58.6 Å². The van der Waals surface area contributed by atoms with Crippen molar-refractivity contribution in [3.8, 4) is 5.75 Å². The first-order valence-electron chi connectivity index (χ1n) is 11.4. The molecule has 0 spiro atoms. The second kappa shape index (κ2) is 12.8. The van der Waals surface area contributed by atoms with Gasteiger partial charge in [0, 0.05) is 26.6 Å². The number of carbonyl (C=O) groups excluding carboxylic acids is 2.